The Bertz CT molecular complexity index is 1330. The fraction of sp³-hybridized carbons (Fsp3) is 0.567. The van der Waals surface area contributed by atoms with Crippen molar-refractivity contribution < 1.29 is 36.2 Å². The summed E-state index contributed by atoms with van der Waals surface area (Å²) in [7, 11) is -1.63. The molecule has 1 heterocycles. The highest BCUT2D eigenvalue weighted by Crippen LogP contribution is 2.40. The van der Waals surface area contributed by atoms with Gasteiger partial charge < -0.3 is 25.8 Å². The van der Waals surface area contributed by atoms with Gasteiger partial charge in [-0.2, -0.15) is 17.5 Å². The van der Waals surface area contributed by atoms with Gasteiger partial charge in [-0.1, -0.05) is 42.8 Å². The molecule has 1 aliphatic carbocycles. The summed E-state index contributed by atoms with van der Waals surface area (Å²) in [5.74, 6) is -1.07. The van der Waals surface area contributed by atoms with Gasteiger partial charge >= 0.3 is 6.18 Å². The lowest BCUT2D eigenvalue weighted by molar-refractivity contribution is -0.130. The van der Waals surface area contributed by atoms with Crippen molar-refractivity contribution in [1.29, 1.82) is 0 Å². The van der Waals surface area contributed by atoms with Gasteiger partial charge in [-0.25, -0.2) is 8.42 Å². The highest BCUT2D eigenvalue weighted by Gasteiger charge is 2.38. The van der Waals surface area contributed by atoms with Gasteiger partial charge in [0, 0.05) is 25.7 Å². The van der Waals surface area contributed by atoms with Gasteiger partial charge in [0.2, 0.25) is 15.9 Å². The first-order valence-corrected chi connectivity index (χ1v) is 16.2. The van der Waals surface area contributed by atoms with Crippen LogP contribution in [-0.4, -0.2) is 81.1 Å². The van der Waals surface area contributed by atoms with Crippen molar-refractivity contribution in [3.05, 3.63) is 65.2 Å². The van der Waals surface area contributed by atoms with E-state index in [9.17, 15) is 31.5 Å². The van der Waals surface area contributed by atoms with Crippen LogP contribution in [0, 0.1) is 0 Å². The molecule has 4 rings (SSSR count). The fourth-order valence-corrected chi connectivity index (χ4v) is 7.18. The number of nitrogens with one attached hydrogen (secondary N) is 3. The number of halogens is 3. The summed E-state index contributed by atoms with van der Waals surface area (Å²) in [5, 5.41) is 21.2. The number of hydrogen-bond donors (Lipinski definition) is 4. The van der Waals surface area contributed by atoms with E-state index in [0.717, 1.165) is 40.2 Å². The molecule has 2 bridgehead atoms. The Morgan fingerprint density at radius 2 is 1.77 bits per heavy atom. The number of benzene rings is 2. The third kappa shape index (κ3) is 8.91. The second-order valence-corrected chi connectivity index (χ2v) is 13.4. The molecule has 4 N–H and O–H groups in total. The van der Waals surface area contributed by atoms with Crippen LogP contribution < -0.4 is 20.7 Å². The van der Waals surface area contributed by atoms with Crippen molar-refractivity contribution in [3.63, 3.8) is 0 Å². The number of amides is 1. The van der Waals surface area contributed by atoms with Crippen LogP contribution in [0.1, 0.15) is 60.9 Å². The molecular weight excluding hydrogens is 585 g/mol. The zero-order valence-corrected chi connectivity index (χ0v) is 25.3. The molecule has 0 spiro atoms. The number of hydrogen-bond acceptors (Lipinski definition) is 7. The van der Waals surface area contributed by atoms with E-state index >= 15 is 0 Å². The number of carbonyl (C=O) groups excluding carboxylic acids is 1. The molecule has 238 valence electrons. The van der Waals surface area contributed by atoms with Gasteiger partial charge in [0.25, 0.3) is 0 Å². The van der Waals surface area contributed by atoms with Crippen LogP contribution in [0.15, 0.2) is 48.5 Å². The molecule has 9 nitrogen and oxygen atoms in total. The van der Waals surface area contributed by atoms with E-state index in [0.29, 0.717) is 19.4 Å². The number of alkyl halides is 3. The Morgan fingerprint density at radius 1 is 1.05 bits per heavy atom. The first-order chi connectivity index (χ1) is 20.4. The lowest BCUT2D eigenvalue weighted by Crippen LogP contribution is -2.55. The summed E-state index contributed by atoms with van der Waals surface area (Å²) in [5.41, 5.74) is 3.06. The van der Waals surface area contributed by atoms with Gasteiger partial charge in [0.15, 0.2) is 0 Å². The third-order valence-corrected chi connectivity index (χ3v) is 10.2. The third-order valence-electron chi connectivity index (χ3n) is 8.30. The molecule has 0 radical (unpaired) electrons. The molecule has 1 amide bonds. The van der Waals surface area contributed by atoms with Crippen molar-refractivity contribution >= 4 is 15.9 Å². The first kappa shape index (κ1) is 33.2. The Hall–Kier alpha value is -2.71. The summed E-state index contributed by atoms with van der Waals surface area (Å²) >= 11 is 0. The maximum atomic E-state index is 13.6. The van der Waals surface area contributed by atoms with Crippen molar-refractivity contribution in [3.8, 4) is 5.75 Å². The number of nitrogens with zero attached hydrogens (tertiary/aromatic N) is 1. The normalized spacial score (nSPS) is 25.8. The molecule has 1 fully saturated rings. The maximum absolute atomic E-state index is 13.6. The zero-order valence-electron chi connectivity index (χ0n) is 24.4. The molecule has 5 atom stereocenters. The molecule has 2 aliphatic rings. The van der Waals surface area contributed by atoms with E-state index < -0.39 is 52.5 Å². The Morgan fingerprint density at radius 3 is 2.47 bits per heavy atom. The second kappa shape index (κ2) is 14.4. The average Bonchev–Trinajstić information content (AvgIpc) is 3.32. The lowest BCUT2D eigenvalue weighted by atomic mass is 9.99. The number of rotatable bonds is 7. The predicted octanol–water partition coefficient (Wildman–Crippen LogP) is 3.22. The number of aliphatic hydroxyl groups excluding tert-OH is 1. The summed E-state index contributed by atoms with van der Waals surface area (Å²) in [4.78, 5) is 13.6. The number of β-amino-alcohol motifs (C(OH)–C–C–N with tert-alkyl or cyclic N) is 1. The van der Waals surface area contributed by atoms with Crippen molar-refractivity contribution in [2.45, 2.75) is 75.0 Å². The van der Waals surface area contributed by atoms with Crippen LogP contribution in [0.25, 0.3) is 0 Å². The number of carbonyl (C=O) groups is 1. The summed E-state index contributed by atoms with van der Waals surface area (Å²) in [6, 6.07) is 13.1. The molecule has 43 heavy (non-hydrogen) atoms. The Balaban J connectivity index is 1.60. The topological polar surface area (TPSA) is 120 Å². The summed E-state index contributed by atoms with van der Waals surface area (Å²) < 4.78 is 70.6. The minimum Gasteiger partial charge on any atom is -0.497 e. The van der Waals surface area contributed by atoms with Crippen LogP contribution in [0.5, 0.6) is 5.75 Å². The summed E-state index contributed by atoms with van der Waals surface area (Å²) in [6.45, 7) is 0.733. The number of methoxy groups -OCH3 is 1. The number of likely N-dealkylation sites (N-methyl/N-ethyl adjacent to an activating group) is 1. The van der Waals surface area contributed by atoms with E-state index in [2.05, 4.69) is 16.0 Å². The molecule has 0 aromatic heterocycles. The minimum atomic E-state index is -4.65. The second-order valence-electron chi connectivity index (χ2n) is 11.3. The fourth-order valence-electron chi connectivity index (χ4n) is 5.81. The van der Waals surface area contributed by atoms with Gasteiger partial charge in [-0.3, -0.25) is 4.79 Å². The van der Waals surface area contributed by atoms with Crippen molar-refractivity contribution in [1.82, 2.24) is 20.3 Å². The number of ether oxygens (including phenoxy) is 1. The van der Waals surface area contributed by atoms with E-state index in [1.165, 1.54) is 0 Å². The van der Waals surface area contributed by atoms with Gasteiger partial charge in [-0.15, -0.1) is 0 Å². The molecular formula is C30H41F3N4O5S. The largest absolute Gasteiger partial charge is 0.497 e. The zero-order chi connectivity index (χ0) is 31.2. The average molecular weight is 627 g/mol. The maximum Gasteiger partial charge on any atom is 0.390 e. The SMILES string of the molecule is COc1ccc2c(c1)[C@@H]1C[C@H]2NCCCC[C@H](N(C)S(=O)(=O)CCC(F)(F)F)C(=O)N[C@@H](Cc2ccccc2)[C@H](O)CN1. The van der Waals surface area contributed by atoms with Crippen LogP contribution in [0.2, 0.25) is 0 Å². The predicted molar refractivity (Wildman–Crippen MR) is 157 cm³/mol. The van der Waals surface area contributed by atoms with Crippen LogP contribution >= 0.6 is 0 Å². The smallest absolute Gasteiger partial charge is 0.390 e. The summed E-state index contributed by atoms with van der Waals surface area (Å²) in [6.07, 6.45) is -5.00. The molecule has 2 aromatic rings. The molecule has 1 saturated heterocycles. The molecule has 0 unspecified atom stereocenters. The van der Waals surface area contributed by atoms with Crippen molar-refractivity contribution in [2.75, 3.05) is 33.0 Å². The van der Waals surface area contributed by atoms with Gasteiger partial charge in [0.05, 0.1) is 31.4 Å². The highest BCUT2D eigenvalue weighted by atomic mass is 32.2. The Kier molecular flexibility index (Phi) is 11.1. The van der Waals surface area contributed by atoms with E-state index in [1.807, 2.05) is 48.5 Å². The van der Waals surface area contributed by atoms with Gasteiger partial charge in [0.1, 0.15) is 11.8 Å². The van der Waals surface area contributed by atoms with Gasteiger partial charge in [-0.05, 0) is 61.1 Å². The van der Waals surface area contributed by atoms with E-state index in [4.69, 9.17) is 4.74 Å². The number of fused-ring (bicyclic) bond motifs is 5. The molecule has 2 aromatic carbocycles. The van der Waals surface area contributed by atoms with Crippen LogP contribution in [0.4, 0.5) is 13.2 Å². The van der Waals surface area contributed by atoms with Crippen LogP contribution in [0.3, 0.4) is 0 Å². The van der Waals surface area contributed by atoms with E-state index in [-0.39, 0.29) is 31.5 Å². The Labute approximate surface area is 251 Å². The monoisotopic (exact) mass is 626 g/mol. The highest BCUT2D eigenvalue weighted by molar-refractivity contribution is 7.89. The number of aliphatic hydroxyl groups is 1. The quantitative estimate of drug-likeness (QED) is 0.373. The molecule has 1 aliphatic heterocycles. The first-order valence-electron chi connectivity index (χ1n) is 14.6. The van der Waals surface area contributed by atoms with E-state index in [1.54, 1.807) is 7.11 Å². The molecule has 13 heteroatoms. The minimum absolute atomic E-state index is 0.0433. The number of sulfonamides is 1. The van der Waals surface area contributed by atoms with Crippen LogP contribution in [-0.2, 0) is 21.2 Å². The van der Waals surface area contributed by atoms with Crippen molar-refractivity contribution in [2.24, 2.45) is 0 Å². The molecule has 0 saturated carbocycles. The lowest BCUT2D eigenvalue weighted by Gasteiger charge is -2.31. The standard InChI is InChI=1S/C30H41F3N4O5S/c1-37(43(40,41)15-13-30(31,32)33)27-10-6-7-14-34-24-18-25(23-17-21(42-2)11-12-22(23)24)35-19-28(38)26(36-29(27)39)16-20-8-4-3-5-9-20/h3-5,8-9,11-12,17,24-28,34-35,38H,6-7,10,13-16,18-19H2,1-2H3,(H,36,39)/t24-,25+,26+,27+,28-/m1/s1.